The van der Waals surface area contributed by atoms with E-state index >= 15 is 0 Å². The Morgan fingerprint density at radius 3 is 1.72 bits per heavy atom. The van der Waals surface area contributed by atoms with Gasteiger partial charge >= 0.3 is 18.5 Å². The molecule has 2 heterocycles. The van der Waals surface area contributed by atoms with Gasteiger partial charge in [-0.2, -0.15) is 8.75 Å². The summed E-state index contributed by atoms with van der Waals surface area (Å²) in [5.74, 6) is 0. The Morgan fingerprint density at radius 1 is 0.812 bits per heavy atom. The molecule has 164 valence electrons. The van der Waals surface area contributed by atoms with Crippen molar-refractivity contribution in [2.45, 2.75) is 0 Å². The number of benzene rings is 2. The van der Waals surface area contributed by atoms with Crippen molar-refractivity contribution >= 4 is 63.0 Å². The number of nitrogens with zero attached hydrogens (tertiary/aromatic N) is 4. The van der Waals surface area contributed by atoms with Gasteiger partial charge in [0.2, 0.25) is 0 Å². The highest BCUT2D eigenvalue weighted by atomic mass is 79.9. The maximum atomic E-state index is 10.6. The third kappa shape index (κ3) is 7.58. The third-order valence-electron chi connectivity index (χ3n) is 3.59. The van der Waals surface area contributed by atoms with Gasteiger partial charge in [-0.15, -0.1) is 0 Å². The minimum atomic E-state index is -1.34. The minimum Gasteiger partial charge on any atom is -0.423 e. The lowest BCUT2D eigenvalue weighted by molar-refractivity contribution is -0.385. The standard InChI is InChI=1S/C9H6N2O2S.C6H7BO2.C3HBrN2O2S/c12-11(13)8-6-10-14-9(8)7-4-2-1-3-5-7;8-7(9)6-4-2-1-3-5-6;4-3-2(6(7)8)1-5-9-3/h1-6H;1-5,8-9H;1H. The summed E-state index contributed by atoms with van der Waals surface area (Å²) in [6.07, 6.45) is 2.50. The van der Waals surface area contributed by atoms with Crippen LogP contribution >= 0.6 is 39.0 Å². The highest BCUT2D eigenvalue weighted by molar-refractivity contribution is 9.11. The van der Waals surface area contributed by atoms with E-state index in [4.69, 9.17) is 10.0 Å². The lowest BCUT2D eigenvalue weighted by atomic mass is 9.81. The summed E-state index contributed by atoms with van der Waals surface area (Å²) in [5, 5.41) is 37.8. The second-order valence-corrected chi connectivity index (χ2v) is 8.61. The molecule has 2 aromatic carbocycles. The predicted molar refractivity (Wildman–Crippen MR) is 127 cm³/mol. The molecule has 14 heteroatoms. The highest BCUT2D eigenvalue weighted by Crippen LogP contribution is 2.32. The van der Waals surface area contributed by atoms with E-state index in [9.17, 15) is 20.2 Å². The fourth-order valence-electron chi connectivity index (χ4n) is 2.12. The summed E-state index contributed by atoms with van der Waals surface area (Å²) in [7, 11) is -1.34. The Morgan fingerprint density at radius 2 is 1.31 bits per heavy atom. The number of hydrogen-bond acceptors (Lipinski definition) is 10. The number of hydrogen-bond donors (Lipinski definition) is 2. The second-order valence-electron chi connectivity index (χ2n) is 5.69. The third-order valence-corrected chi connectivity index (χ3v) is 5.85. The SMILES string of the molecule is O=[N+]([O-])c1cnsc1-c1ccccc1.O=[N+]([O-])c1cnsc1Br.OB(O)c1ccccc1. The molecule has 0 amide bonds. The molecule has 0 unspecified atom stereocenters. The first kappa shape index (κ1) is 25.2. The van der Waals surface area contributed by atoms with E-state index in [-0.39, 0.29) is 11.4 Å². The molecule has 0 radical (unpaired) electrons. The largest absolute Gasteiger partial charge is 0.488 e. The Kier molecular flexibility index (Phi) is 10.0. The average Bonchev–Trinajstić information content (AvgIpc) is 3.45. The van der Waals surface area contributed by atoms with Crippen molar-refractivity contribution < 1.29 is 19.9 Å². The van der Waals surface area contributed by atoms with Crippen molar-refractivity contribution in [1.29, 1.82) is 0 Å². The van der Waals surface area contributed by atoms with Gasteiger partial charge in [-0.25, -0.2) is 0 Å². The summed E-state index contributed by atoms with van der Waals surface area (Å²) < 4.78 is 7.88. The fraction of sp³-hybridized carbons (Fsp3) is 0. The van der Waals surface area contributed by atoms with E-state index in [0.717, 1.165) is 28.6 Å². The number of aromatic nitrogens is 2. The van der Waals surface area contributed by atoms with Crippen molar-refractivity contribution in [3.05, 3.63) is 97.1 Å². The number of rotatable bonds is 4. The predicted octanol–water partition coefficient (Wildman–Crippen LogP) is 3.90. The van der Waals surface area contributed by atoms with Crippen LogP contribution in [0.5, 0.6) is 0 Å². The van der Waals surface area contributed by atoms with Crippen LogP contribution in [-0.2, 0) is 0 Å². The van der Waals surface area contributed by atoms with E-state index in [0.29, 0.717) is 14.1 Å². The van der Waals surface area contributed by atoms with E-state index < -0.39 is 17.0 Å². The average molecular weight is 537 g/mol. The van der Waals surface area contributed by atoms with Gasteiger partial charge in [0.15, 0.2) is 3.79 Å². The maximum Gasteiger partial charge on any atom is 0.488 e. The van der Waals surface area contributed by atoms with Gasteiger partial charge in [0, 0.05) is 5.56 Å². The molecule has 0 aliphatic carbocycles. The molecule has 0 saturated heterocycles. The molecule has 10 nitrogen and oxygen atoms in total. The monoisotopic (exact) mass is 536 g/mol. The fourth-order valence-corrected chi connectivity index (χ4v) is 3.80. The van der Waals surface area contributed by atoms with Crippen LogP contribution in [0, 0.1) is 20.2 Å². The van der Waals surface area contributed by atoms with E-state index in [2.05, 4.69) is 24.7 Å². The van der Waals surface area contributed by atoms with Crippen LogP contribution in [0.3, 0.4) is 0 Å². The van der Waals surface area contributed by atoms with Crippen molar-refractivity contribution in [3.8, 4) is 10.4 Å². The van der Waals surface area contributed by atoms with Crippen LogP contribution in [0.15, 0.2) is 76.8 Å². The molecule has 0 aliphatic rings. The Bertz CT molecular complexity index is 1140. The Hall–Kier alpha value is -3.04. The van der Waals surface area contributed by atoms with Crippen molar-refractivity contribution in [1.82, 2.24) is 8.75 Å². The lowest BCUT2D eigenvalue weighted by Gasteiger charge is -1.94. The topological polar surface area (TPSA) is 153 Å². The Balaban J connectivity index is 0.000000178. The van der Waals surface area contributed by atoms with Crippen LogP contribution < -0.4 is 5.46 Å². The second kappa shape index (κ2) is 12.7. The molecule has 32 heavy (non-hydrogen) atoms. The summed E-state index contributed by atoms with van der Waals surface area (Å²) in [5.41, 5.74) is 1.46. The van der Waals surface area contributed by atoms with Gasteiger partial charge < -0.3 is 10.0 Å². The molecular formula is C18H14BBrN4O6S2. The molecule has 4 rings (SSSR count). The molecule has 0 spiro atoms. The van der Waals surface area contributed by atoms with Crippen LogP contribution in [0.2, 0.25) is 0 Å². The lowest BCUT2D eigenvalue weighted by Crippen LogP contribution is -2.29. The molecule has 0 aliphatic heterocycles. The van der Waals surface area contributed by atoms with E-state index in [1.165, 1.54) is 12.4 Å². The number of halogens is 1. The highest BCUT2D eigenvalue weighted by Gasteiger charge is 2.17. The summed E-state index contributed by atoms with van der Waals surface area (Å²) in [6.45, 7) is 0. The smallest absolute Gasteiger partial charge is 0.423 e. The van der Waals surface area contributed by atoms with Crippen LogP contribution in [0.4, 0.5) is 11.4 Å². The van der Waals surface area contributed by atoms with Crippen molar-refractivity contribution in [2.24, 2.45) is 0 Å². The van der Waals surface area contributed by atoms with Crippen LogP contribution in [0.1, 0.15) is 0 Å². The Labute approximate surface area is 198 Å². The summed E-state index contributed by atoms with van der Waals surface area (Å²) in [4.78, 5) is 20.4. The van der Waals surface area contributed by atoms with Gasteiger partial charge in [0.1, 0.15) is 17.3 Å². The van der Waals surface area contributed by atoms with Crippen LogP contribution in [-0.4, -0.2) is 35.8 Å². The molecule has 4 aromatic rings. The minimum absolute atomic E-state index is 0.0278. The molecule has 0 saturated carbocycles. The van der Waals surface area contributed by atoms with Crippen molar-refractivity contribution in [3.63, 3.8) is 0 Å². The molecule has 0 bridgehead atoms. The van der Waals surface area contributed by atoms with E-state index in [1.807, 2.05) is 36.4 Å². The first-order valence-electron chi connectivity index (χ1n) is 8.61. The molecule has 2 N–H and O–H groups in total. The van der Waals surface area contributed by atoms with Gasteiger partial charge in [0.05, 0.1) is 9.85 Å². The zero-order valence-electron chi connectivity index (χ0n) is 16.0. The molecular weight excluding hydrogens is 523 g/mol. The van der Waals surface area contributed by atoms with E-state index in [1.54, 1.807) is 24.3 Å². The molecule has 0 atom stereocenters. The van der Waals surface area contributed by atoms with Gasteiger partial charge in [-0.1, -0.05) is 60.7 Å². The zero-order chi connectivity index (χ0) is 23.5. The zero-order valence-corrected chi connectivity index (χ0v) is 19.2. The van der Waals surface area contributed by atoms with Crippen LogP contribution in [0.25, 0.3) is 10.4 Å². The summed E-state index contributed by atoms with van der Waals surface area (Å²) in [6, 6.07) is 17.9. The maximum absolute atomic E-state index is 10.6. The van der Waals surface area contributed by atoms with Gasteiger partial charge in [-0.3, -0.25) is 20.2 Å². The summed E-state index contributed by atoms with van der Waals surface area (Å²) >= 11 is 5.18. The first-order valence-corrected chi connectivity index (χ1v) is 10.9. The quantitative estimate of drug-likeness (QED) is 0.226. The normalized spacial score (nSPS) is 9.59. The van der Waals surface area contributed by atoms with Gasteiger partial charge in [-0.05, 0) is 44.5 Å². The first-order chi connectivity index (χ1) is 15.3. The number of nitro groups is 2. The molecule has 2 aromatic heterocycles. The van der Waals surface area contributed by atoms with Crippen molar-refractivity contribution in [2.75, 3.05) is 0 Å². The molecule has 0 fully saturated rings. The van der Waals surface area contributed by atoms with Gasteiger partial charge in [0.25, 0.3) is 0 Å².